The first-order valence-electron chi connectivity index (χ1n) is 7.93. The predicted octanol–water partition coefficient (Wildman–Crippen LogP) is 4.76. The summed E-state index contributed by atoms with van der Waals surface area (Å²) in [4.78, 5) is 25.3. The van der Waals surface area contributed by atoms with Crippen LogP contribution in [0.1, 0.15) is 21.9 Å². The van der Waals surface area contributed by atoms with Crippen LogP contribution < -0.4 is 0 Å². The van der Waals surface area contributed by atoms with Crippen molar-refractivity contribution < 1.29 is 9.59 Å². The molecule has 0 spiro atoms. The molecule has 2 aromatic rings. The second-order valence-electron chi connectivity index (χ2n) is 5.91. The van der Waals surface area contributed by atoms with Crippen LogP contribution in [-0.4, -0.2) is 33.3 Å². The summed E-state index contributed by atoms with van der Waals surface area (Å²) in [6.45, 7) is 0. The van der Waals surface area contributed by atoms with Crippen LogP contribution >= 0.6 is 46.7 Å². The highest BCUT2D eigenvalue weighted by Gasteiger charge is 2.45. The molecular weight excluding hydrogens is 411 g/mol. The number of nitrogens with zero attached hydrogens (tertiary/aromatic N) is 2. The summed E-state index contributed by atoms with van der Waals surface area (Å²) in [5.41, 5.74) is 1.81. The summed E-state index contributed by atoms with van der Waals surface area (Å²) in [5.74, 6) is 0.493. The Morgan fingerprint density at radius 1 is 0.769 bits per heavy atom. The van der Waals surface area contributed by atoms with Crippen LogP contribution in [-0.2, 0) is 9.59 Å². The molecule has 2 aromatic carbocycles. The van der Waals surface area contributed by atoms with Crippen molar-refractivity contribution in [2.75, 3.05) is 11.5 Å². The Kier molecular flexibility index (Phi) is 5.10. The fraction of sp³-hybridized carbons (Fsp3) is 0.222. The minimum absolute atomic E-state index is 0.0807. The van der Waals surface area contributed by atoms with Gasteiger partial charge in [-0.25, -0.2) is 10.0 Å². The van der Waals surface area contributed by atoms with Gasteiger partial charge in [0.2, 0.25) is 0 Å². The van der Waals surface area contributed by atoms with Crippen LogP contribution in [0.25, 0.3) is 0 Å². The number of hydrazine groups is 1. The molecule has 0 radical (unpaired) electrons. The van der Waals surface area contributed by atoms with Gasteiger partial charge in [-0.15, -0.1) is 23.5 Å². The monoisotopic (exact) mass is 424 g/mol. The molecule has 0 unspecified atom stereocenters. The lowest BCUT2D eigenvalue weighted by Gasteiger charge is -2.36. The fourth-order valence-corrected chi connectivity index (χ4v) is 5.76. The molecule has 26 heavy (non-hydrogen) atoms. The van der Waals surface area contributed by atoms with Crippen molar-refractivity contribution in [1.29, 1.82) is 0 Å². The van der Waals surface area contributed by atoms with Gasteiger partial charge in [-0.3, -0.25) is 9.59 Å². The van der Waals surface area contributed by atoms with Gasteiger partial charge >= 0.3 is 0 Å². The molecule has 2 saturated heterocycles. The third-order valence-corrected chi connectivity index (χ3v) is 7.06. The van der Waals surface area contributed by atoms with E-state index in [-0.39, 0.29) is 22.6 Å². The van der Waals surface area contributed by atoms with Crippen LogP contribution in [0.3, 0.4) is 0 Å². The lowest BCUT2D eigenvalue weighted by Crippen LogP contribution is -2.47. The van der Waals surface area contributed by atoms with E-state index in [1.807, 2.05) is 36.4 Å². The van der Waals surface area contributed by atoms with Gasteiger partial charge in [0.15, 0.2) is 0 Å². The fourth-order valence-electron chi connectivity index (χ4n) is 3.10. The Labute approximate surface area is 169 Å². The van der Waals surface area contributed by atoms with E-state index in [0.717, 1.165) is 11.1 Å². The molecule has 4 rings (SSSR count). The van der Waals surface area contributed by atoms with E-state index >= 15 is 0 Å². The van der Waals surface area contributed by atoms with E-state index in [2.05, 4.69) is 0 Å². The van der Waals surface area contributed by atoms with E-state index in [1.165, 1.54) is 23.5 Å². The maximum absolute atomic E-state index is 12.7. The van der Waals surface area contributed by atoms with Crippen molar-refractivity contribution in [2.24, 2.45) is 0 Å². The molecule has 2 atom stereocenters. The number of carbonyl (C=O) groups excluding carboxylic acids is 2. The number of thioether (sulfide) groups is 2. The minimum atomic E-state index is -0.273. The third-order valence-electron chi connectivity index (χ3n) is 4.18. The summed E-state index contributed by atoms with van der Waals surface area (Å²) in [7, 11) is 0. The molecule has 0 aromatic heterocycles. The van der Waals surface area contributed by atoms with Crippen molar-refractivity contribution in [3.05, 3.63) is 69.7 Å². The van der Waals surface area contributed by atoms with Crippen molar-refractivity contribution in [3.63, 3.8) is 0 Å². The normalized spacial score (nSPS) is 23.2. The molecule has 2 aliphatic heterocycles. The van der Waals surface area contributed by atoms with Crippen molar-refractivity contribution in [1.82, 2.24) is 10.0 Å². The summed E-state index contributed by atoms with van der Waals surface area (Å²) in [6, 6.07) is 14.8. The number of hydrogen-bond acceptors (Lipinski definition) is 4. The molecule has 0 aliphatic carbocycles. The van der Waals surface area contributed by atoms with Gasteiger partial charge in [0.25, 0.3) is 11.8 Å². The van der Waals surface area contributed by atoms with Crippen molar-refractivity contribution in [2.45, 2.75) is 10.7 Å². The standard InChI is InChI=1S/C18H14Cl2N2O2S2/c19-13-5-1-3-11(7-13)17-21(15(23)9-25-17)22-16(24)10-26-18(22)12-4-2-6-14(20)8-12/h1-8,17-18H,9-10H2/t17-,18+. The molecule has 2 fully saturated rings. The van der Waals surface area contributed by atoms with Gasteiger partial charge in [-0.05, 0) is 35.4 Å². The first-order valence-corrected chi connectivity index (χ1v) is 10.8. The zero-order valence-electron chi connectivity index (χ0n) is 13.5. The molecule has 2 aliphatic rings. The molecule has 134 valence electrons. The molecule has 0 saturated carbocycles. The average Bonchev–Trinajstić information content (AvgIpc) is 3.17. The van der Waals surface area contributed by atoms with Crippen LogP contribution in [0, 0.1) is 0 Å². The van der Waals surface area contributed by atoms with Gasteiger partial charge in [0.1, 0.15) is 10.7 Å². The topological polar surface area (TPSA) is 40.6 Å². The van der Waals surface area contributed by atoms with E-state index in [9.17, 15) is 9.59 Å². The summed E-state index contributed by atoms with van der Waals surface area (Å²) >= 11 is 15.2. The van der Waals surface area contributed by atoms with Crippen LogP contribution in [0.15, 0.2) is 48.5 Å². The van der Waals surface area contributed by atoms with Gasteiger partial charge in [0, 0.05) is 10.0 Å². The van der Waals surface area contributed by atoms with E-state index in [4.69, 9.17) is 23.2 Å². The van der Waals surface area contributed by atoms with Gasteiger partial charge in [0.05, 0.1) is 11.5 Å². The highest BCUT2D eigenvalue weighted by atomic mass is 35.5. The Hall–Kier alpha value is -1.34. The molecule has 0 bridgehead atoms. The SMILES string of the molecule is O=C1CS[C@H](c2cccc(Cl)c2)N1N1C(=O)CS[C@H]1c1cccc(Cl)c1. The number of carbonyl (C=O) groups is 2. The van der Waals surface area contributed by atoms with E-state index in [0.29, 0.717) is 21.6 Å². The van der Waals surface area contributed by atoms with Crippen LogP contribution in [0.4, 0.5) is 0 Å². The average molecular weight is 425 g/mol. The molecule has 2 amide bonds. The van der Waals surface area contributed by atoms with Crippen LogP contribution in [0.2, 0.25) is 10.0 Å². The molecule has 0 N–H and O–H groups in total. The van der Waals surface area contributed by atoms with Crippen LogP contribution in [0.5, 0.6) is 0 Å². The Bertz CT molecular complexity index is 808. The molecule has 4 nitrogen and oxygen atoms in total. The maximum Gasteiger partial charge on any atom is 0.252 e. The third kappa shape index (κ3) is 3.31. The number of hydrogen-bond donors (Lipinski definition) is 0. The predicted molar refractivity (Wildman–Crippen MR) is 107 cm³/mol. The minimum Gasteiger partial charge on any atom is -0.272 e. The van der Waals surface area contributed by atoms with Gasteiger partial charge < -0.3 is 0 Å². The van der Waals surface area contributed by atoms with Crippen molar-refractivity contribution >= 4 is 58.5 Å². The second kappa shape index (κ2) is 7.35. The van der Waals surface area contributed by atoms with Gasteiger partial charge in [-0.2, -0.15) is 0 Å². The van der Waals surface area contributed by atoms with Crippen molar-refractivity contribution in [3.8, 4) is 0 Å². The lowest BCUT2D eigenvalue weighted by atomic mass is 10.2. The molecule has 8 heteroatoms. The summed E-state index contributed by atoms with van der Waals surface area (Å²) < 4.78 is 0. The zero-order chi connectivity index (χ0) is 18.3. The Morgan fingerprint density at radius 2 is 1.19 bits per heavy atom. The first kappa shape index (κ1) is 18.0. The number of amides is 2. The molecule has 2 heterocycles. The smallest absolute Gasteiger partial charge is 0.252 e. The largest absolute Gasteiger partial charge is 0.272 e. The maximum atomic E-state index is 12.7. The van der Waals surface area contributed by atoms with E-state index in [1.54, 1.807) is 22.2 Å². The highest BCUT2D eigenvalue weighted by Crippen LogP contribution is 2.47. The first-order chi connectivity index (χ1) is 12.5. The summed E-state index contributed by atoms with van der Waals surface area (Å²) in [5, 5.41) is 3.84. The molecular formula is C18H14Cl2N2O2S2. The quantitative estimate of drug-likeness (QED) is 0.711. The number of rotatable bonds is 3. The Balaban J connectivity index is 1.72. The van der Waals surface area contributed by atoms with Gasteiger partial charge in [-0.1, -0.05) is 47.5 Å². The second-order valence-corrected chi connectivity index (χ2v) is 8.92. The number of halogens is 2. The number of benzene rings is 2. The van der Waals surface area contributed by atoms with E-state index < -0.39 is 0 Å². The summed E-state index contributed by atoms with van der Waals surface area (Å²) in [6.07, 6.45) is 0. The Morgan fingerprint density at radius 3 is 1.58 bits per heavy atom. The zero-order valence-corrected chi connectivity index (χ0v) is 16.6. The highest BCUT2D eigenvalue weighted by molar-refractivity contribution is 8.01. The lowest BCUT2D eigenvalue weighted by molar-refractivity contribution is -0.161.